The highest BCUT2D eigenvalue weighted by molar-refractivity contribution is 5.99. The third-order valence-electron chi connectivity index (χ3n) is 6.14. The van der Waals surface area contributed by atoms with Crippen LogP contribution in [0.15, 0.2) is 60.8 Å². The van der Waals surface area contributed by atoms with Crippen LogP contribution >= 0.6 is 0 Å². The van der Waals surface area contributed by atoms with Crippen LogP contribution in [0.3, 0.4) is 0 Å². The van der Waals surface area contributed by atoms with Gasteiger partial charge in [0.1, 0.15) is 17.5 Å². The summed E-state index contributed by atoms with van der Waals surface area (Å²) >= 11 is 0. The molecule has 1 atom stereocenters. The molecule has 7 nitrogen and oxygen atoms in total. The average Bonchev–Trinajstić information content (AvgIpc) is 3.33. The third kappa shape index (κ3) is 7.03. The molecule has 41 heavy (non-hydrogen) atoms. The molecule has 1 unspecified atom stereocenters. The van der Waals surface area contributed by atoms with E-state index in [1.54, 1.807) is 44.5 Å². The maximum absolute atomic E-state index is 14.0. The summed E-state index contributed by atoms with van der Waals surface area (Å²) < 4.78 is 44.1. The quantitative estimate of drug-likeness (QED) is 0.207. The van der Waals surface area contributed by atoms with Gasteiger partial charge in [0.2, 0.25) is 0 Å². The van der Waals surface area contributed by atoms with Crippen LogP contribution in [0.2, 0.25) is 0 Å². The van der Waals surface area contributed by atoms with Gasteiger partial charge in [-0.2, -0.15) is 0 Å². The molecular weight excluding hydrogens is 530 g/mol. The van der Waals surface area contributed by atoms with Gasteiger partial charge in [-0.15, -0.1) is 0 Å². The number of ether oxygens (including phenoxy) is 3. The second kappa shape index (κ2) is 13.0. The van der Waals surface area contributed by atoms with E-state index >= 15 is 0 Å². The van der Waals surface area contributed by atoms with Crippen LogP contribution in [0.5, 0.6) is 11.5 Å². The van der Waals surface area contributed by atoms with Crippen molar-refractivity contribution in [2.24, 2.45) is 0 Å². The van der Waals surface area contributed by atoms with Crippen molar-refractivity contribution in [1.82, 2.24) is 10.3 Å². The maximum Gasteiger partial charge on any atom is 0.328 e. The Labute approximate surface area is 236 Å². The van der Waals surface area contributed by atoms with Crippen LogP contribution in [0.1, 0.15) is 47.8 Å². The largest absolute Gasteiger partial charge is 0.495 e. The summed E-state index contributed by atoms with van der Waals surface area (Å²) in [5.41, 5.74) is 2.26. The topological polar surface area (TPSA) is 89.7 Å². The van der Waals surface area contributed by atoms with Crippen molar-refractivity contribution in [2.45, 2.75) is 39.3 Å². The lowest BCUT2D eigenvalue weighted by Gasteiger charge is -2.19. The van der Waals surface area contributed by atoms with Crippen molar-refractivity contribution >= 4 is 22.8 Å². The number of esters is 1. The fourth-order valence-electron chi connectivity index (χ4n) is 4.26. The molecule has 0 radical (unpaired) electrons. The number of hydrogen-bond acceptors (Lipinski definition) is 5. The fraction of sp³-hybridized carbons (Fsp3) is 0.250. The summed E-state index contributed by atoms with van der Waals surface area (Å²) in [6.07, 6.45) is 1.29. The van der Waals surface area contributed by atoms with E-state index in [1.165, 1.54) is 0 Å². The number of rotatable bonds is 9. The van der Waals surface area contributed by atoms with E-state index < -0.39 is 29.6 Å². The molecule has 0 spiro atoms. The number of amides is 1. The Bertz CT molecular complexity index is 1630. The summed E-state index contributed by atoms with van der Waals surface area (Å²) in [5.74, 6) is 3.77. The molecule has 0 bridgehead atoms. The number of methoxy groups -OCH3 is 1. The fourth-order valence-corrected chi connectivity index (χ4v) is 4.26. The van der Waals surface area contributed by atoms with Crippen molar-refractivity contribution in [3.05, 3.63) is 94.7 Å². The Morgan fingerprint density at radius 2 is 1.76 bits per heavy atom. The third-order valence-corrected chi connectivity index (χ3v) is 6.14. The zero-order valence-corrected chi connectivity index (χ0v) is 23.1. The molecule has 4 rings (SSSR count). The van der Waals surface area contributed by atoms with Gasteiger partial charge in [0.25, 0.3) is 5.91 Å². The summed E-state index contributed by atoms with van der Waals surface area (Å²) in [6, 6.07) is 13.3. The monoisotopic (exact) mass is 560 g/mol. The summed E-state index contributed by atoms with van der Waals surface area (Å²) in [5, 5.41) is 3.13. The molecule has 1 amide bonds. The standard InChI is InChI=1S/C32H30F2N2O5/c1-5-40-32(38)28(15-22-18-35-27-17-26(34)25(33)16-23(22)27)36-31(37)24-14-20(11-13-30(24)41-19(2)3)10-12-21-8-6-7-9-29(21)39-4/h6-9,11,13-14,16-19,28,35H,5,15H2,1-4H3,(H,36,37). The highest BCUT2D eigenvalue weighted by atomic mass is 19.2. The second-order valence-corrected chi connectivity index (χ2v) is 9.44. The number of aromatic nitrogens is 1. The van der Waals surface area contributed by atoms with Gasteiger partial charge in [0.05, 0.1) is 30.9 Å². The van der Waals surface area contributed by atoms with Gasteiger partial charge >= 0.3 is 5.97 Å². The van der Waals surface area contributed by atoms with Crippen LogP contribution in [0, 0.1) is 23.5 Å². The molecule has 9 heteroatoms. The molecule has 0 saturated heterocycles. The van der Waals surface area contributed by atoms with E-state index in [2.05, 4.69) is 22.1 Å². The van der Waals surface area contributed by atoms with Gasteiger partial charge in [0, 0.05) is 35.2 Å². The van der Waals surface area contributed by atoms with Gasteiger partial charge in [-0.05, 0) is 62.7 Å². The van der Waals surface area contributed by atoms with Crippen molar-refractivity contribution in [1.29, 1.82) is 0 Å². The van der Waals surface area contributed by atoms with Crippen molar-refractivity contribution < 1.29 is 32.6 Å². The molecule has 3 aromatic carbocycles. The molecule has 1 aromatic heterocycles. The first-order chi connectivity index (χ1) is 19.7. The number of nitrogens with one attached hydrogen (secondary N) is 2. The molecule has 0 saturated carbocycles. The molecule has 2 N–H and O–H groups in total. The van der Waals surface area contributed by atoms with Gasteiger partial charge < -0.3 is 24.5 Å². The van der Waals surface area contributed by atoms with E-state index in [-0.39, 0.29) is 24.7 Å². The minimum Gasteiger partial charge on any atom is -0.495 e. The van der Waals surface area contributed by atoms with Crippen LogP contribution in [-0.2, 0) is 16.0 Å². The molecule has 1 heterocycles. The smallest absolute Gasteiger partial charge is 0.328 e. The van der Waals surface area contributed by atoms with E-state index in [9.17, 15) is 18.4 Å². The van der Waals surface area contributed by atoms with E-state index in [0.29, 0.717) is 39.1 Å². The summed E-state index contributed by atoms with van der Waals surface area (Å²) in [6.45, 7) is 5.41. The lowest BCUT2D eigenvalue weighted by molar-refractivity contribution is -0.145. The predicted molar refractivity (Wildman–Crippen MR) is 151 cm³/mol. The molecule has 0 aliphatic rings. The molecule has 0 aliphatic heterocycles. The normalized spacial score (nSPS) is 11.5. The van der Waals surface area contributed by atoms with E-state index in [1.807, 2.05) is 32.0 Å². The van der Waals surface area contributed by atoms with Crippen LogP contribution < -0.4 is 14.8 Å². The first-order valence-corrected chi connectivity index (χ1v) is 13.1. The van der Waals surface area contributed by atoms with Crippen LogP contribution in [-0.4, -0.2) is 42.7 Å². The molecule has 0 fully saturated rings. The average molecular weight is 561 g/mol. The van der Waals surface area contributed by atoms with E-state index in [0.717, 1.165) is 12.1 Å². The maximum atomic E-state index is 14.0. The van der Waals surface area contributed by atoms with Gasteiger partial charge in [0.15, 0.2) is 11.6 Å². The molecule has 4 aromatic rings. The van der Waals surface area contributed by atoms with Gasteiger partial charge in [-0.3, -0.25) is 4.79 Å². The predicted octanol–water partition coefficient (Wildman–Crippen LogP) is 5.55. The Balaban J connectivity index is 1.66. The zero-order valence-electron chi connectivity index (χ0n) is 23.1. The number of hydrogen-bond donors (Lipinski definition) is 2. The summed E-state index contributed by atoms with van der Waals surface area (Å²) in [7, 11) is 1.56. The van der Waals surface area contributed by atoms with Crippen molar-refractivity contribution in [3.8, 4) is 23.3 Å². The zero-order chi connectivity index (χ0) is 29.5. The number of aromatic amines is 1. The van der Waals surface area contributed by atoms with Crippen LogP contribution in [0.4, 0.5) is 8.78 Å². The second-order valence-electron chi connectivity index (χ2n) is 9.44. The van der Waals surface area contributed by atoms with Crippen molar-refractivity contribution in [3.63, 3.8) is 0 Å². The Kier molecular flexibility index (Phi) is 9.25. The first-order valence-electron chi connectivity index (χ1n) is 13.1. The number of halogens is 2. The van der Waals surface area contributed by atoms with E-state index in [4.69, 9.17) is 14.2 Å². The van der Waals surface area contributed by atoms with Gasteiger partial charge in [-0.25, -0.2) is 13.6 Å². The number of carbonyl (C=O) groups is 2. The number of H-pyrrole nitrogens is 1. The SMILES string of the molecule is CCOC(=O)C(Cc1c[nH]c2cc(F)c(F)cc12)NC(=O)c1cc(C#Cc2ccccc2OC)ccc1OC(C)C. The Morgan fingerprint density at radius 1 is 1.00 bits per heavy atom. The molecule has 0 aliphatic carbocycles. The Hall–Kier alpha value is -4.84. The number of fused-ring (bicyclic) bond motifs is 1. The molecule has 212 valence electrons. The number of para-hydroxylation sites is 1. The lowest BCUT2D eigenvalue weighted by Crippen LogP contribution is -2.43. The number of benzene rings is 3. The Morgan fingerprint density at radius 3 is 2.49 bits per heavy atom. The minimum atomic E-state index is -1.12. The van der Waals surface area contributed by atoms with Crippen molar-refractivity contribution in [2.75, 3.05) is 13.7 Å². The lowest BCUT2D eigenvalue weighted by atomic mass is 10.0. The molecular formula is C32H30F2N2O5. The van der Waals surface area contributed by atoms with Gasteiger partial charge in [-0.1, -0.05) is 24.0 Å². The highest BCUT2D eigenvalue weighted by Gasteiger charge is 2.26. The summed E-state index contributed by atoms with van der Waals surface area (Å²) in [4.78, 5) is 29.4. The first kappa shape index (κ1) is 29.2. The number of carbonyl (C=O) groups excluding carboxylic acids is 2. The highest BCUT2D eigenvalue weighted by Crippen LogP contribution is 2.25. The van der Waals surface area contributed by atoms with Crippen LogP contribution in [0.25, 0.3) is 10.9 Å². The minimum absolute atomic E-state index is 0.0245.